The lowest BCUT2D eigenvalue weighted by Gasteiger charge is -2.07. The summed E-state index contributed by atoms with van der Waals surface area (Å²) < 4.78 is 0. The molecule has 0 amide bonds. The van der Waals surface area contributed by atoms with Crippen molar-refractivity contribution in [2.45, 2.75) is 13.0 Å². The highest BCUT2D eigenvalue weighted by Gasteiger charge is 2.11. The highest BCUT2D eigenvalue weighted by Crippen LogP contribution is 2.10. The van der Waals surface area contributed by atoms with Gasteiger partial charge in [0.05, 0.1) is 6.04 Å². The lowest BCUT2D eigenvalue weighted by molar-refractivity contribution is -0.115. The fourth-order valence-electron chi connectivity index (χ4n) is 1.09. The predicted molar refractivity (Wildman–Crippen MR) is 53.2 cm³/mol. The topological polar surface area (TPSA) is 43.1 Å². The zero-order valence-corrected chi connectivity index (χ0v) is 7.60. The lowest BCUT2D eigenvalue weighted by Crippen LogP contribution is -2.19. The molecule has 0 unspecified atom stereocenters. The monoisotopic (exact) mass is 175 g/mol. The van der Waals surface area contributed by atoms with Crippen molar-refractivity contribution in [3.63, 3.8) is 0 Å². The third-order valence-corrected chi connectivity index (χ3v) is 1.80. The number of hydrogen-bond donors (Lipinski definition) is 1. The van der Waals surface area contributed by atoms with Crippen LogP contribution in [0.4, 0.5) is 0 Å². The van der Waals surface area contributed by atoms with E-state index in [1.807, 2.05) is 30.3 Å². The molecule has 1 aromatic rings. The van der Waals surface area contributed by atoms with Crippen LogP contribution in [-0.4, -0.2) is 5.78 Å². The molecular formula is C11H13NO. The molecular weight excluding hydrogens is 162 g/mol. The van der Waals surface area contributed by atoms with Gasteiger partial charge in [-0.05, 0) is 18.6 Å². The molecule has 0 heterocycles. The Labute approximate surface area is 78.1 Å². The largest absolute Gasteiger partial charge is 0.318 e. The maximum atomic E-state index is 11.3. The molecule has 0 bridgehead atoms. The molecule has 2 N–H and O–H groups in total. The Morgan fingerprint density at radius 2 is 2.00 bits per heavy atom. The molecule has 0 aliphatic carbocycles. The molecule has 2 nitrogen and oxygen atoms in total. The molecule has 0 aromatic heterocycles. The van der Waals surface area contributed by atoms with Crippen LogP contribution in [0.5, 0.6) is 0 Å². The molecule has 0 saturated heterocycles. The molecule has 0 aliphatic heterocycles. The van der Waals surface area contributed by atoms with Crippen LogP contribution in [0.3, 0.4) is 0 Å². The van der Waals surface area contributed by atoms with E-state index in [2.05, 4.69) is 0 Å². The third kappa shape index (κ3) is 2.53. The first-order valence-corrected chi connectivity index (χ1v) is 4.22. The fraction of sp³-hybridized carbons (Fsp3) is 0.182. The molecule has 0 aliphatic rings. The number of nitrogens with two attached hydrogens (primary N) is 1. The van der Waals surface area contributed by atoms with Crippen LogP contribution < -0.4 is 5.73 Å². The van der Waals surface area contributed by atoms with Gasteiger partial charge >= 0.3 is 0 Å². The Bertz CT molecular complexity index is 303. The molecule has 1 atom stereocenters. The van der Waals surface area contributed by atoms with Crippen molar-refractivity contribution in [1.29, 1.82) is 0 Å². The van der Waals surface area contributed by atoms with Crippen LogP contribution in [0, 0.1) is 0 Å². The van der Waals surface area contributed by atoms with Gasteiger partial charge in [0.15, 0.2) is 5.78 Å². The van der Waals surface area contributed by atoms with Gasteiger partial charge in [-0.25, -0.2) is 0 Å². The normalized spacial score (nSPS) is 13.1. The highest BCUT2D eigenvalue weighted by molar-refractivity contribution is 5.94. The van der Waals surface area contributed by atoms with E-state index in [-0.39, 0.29) is 5.78 Å². The average molecular weight is 175 g/mol. The molecule has 68 valence electrons. The Morgan fingerprint density at radius 1 is 1.38 bits per heavy atom. The summed E-state index contributed by atoms with van der Waals surface area (Å²) in [6, 6.07) is 8.82. The maximum Gasteiger partial charge on any atom is 0.176 e. The van der Waals surface area contributed by atoms with Gasteiger partial charge in [0.1, 0.15) is 0 Å². The number of carbonyl (C=O) groups is 1. The quantitative estimate of drug-likeness (QED) is 0.712. The van der Waals surface area contributed by atoms with Gasteiger partial charge in [0.2, 0.25) is 0 Å². The summed E-state index contributed by atoms with van der Waals surface area (Å²) in [5.41, 5.74) is 6.58. The van der Waals surface area contributed by atoms with Crippen molar-refractivity contribution in [3.8, 4) is 0 Å². The first-order valence-electron chi connectivity index (χ1n) is 4.22. The molecule has 13 heavy (non-hydrogen) atoms. The average Bonchev–Trinajstić information content (AvgIpc) is 2.18. The first kappa shape index (κ1) is 9.68. The van der Waals surface area contributed by atoms with Gasteiger partial charge in [-0.2, -0.15) is 0 Å². The second-order valence-electron chi connectivity index (χ2n) is 2.79. The van der Waals surface area contributed by atoms with E-state index < -0.39 is 6.04 Å². The van der Waals surface area contributed by atoms with Gasteiger partial charge < -0.3 is 5.73 Å². The molecule has 0 spiro atoms. The van der Waals surface area contributed by atoms with E-state index in [1.54, 1.807) is 13.0 Å². The summed E-state index contributed by atoms with van der Waals surface area (Å²) in [4.78, 5) is 11.3. The Balaban J connectivity index is 2.79. The number of benzene rings is 1. The fourth-order valence-corrected chi connectivity index (χ4v) is 1.09. The van der Waals surface area contributed by atoms with Crippen molar-refractivity contribution in [2.75, 3.05) is 0 Å². The van der Waals surface area contributed by atoms with Gasteiger partial charge in [0, 0.05) is 0 Å². The van der Waals surface area contributed by atoms with E-state index in [0.717, 1.165) is 5.56 Å². The minimum absolute atomic E-state index is 0.0614. The van der Waals surface area contributed by atoms with E-state index >= 15 is 0 Å². The molecule has 0 fully saturated rings. The Morgan fingerprint density at radius 3 is 2.54 bits per heavy atom. The van der Waals surface area contributed by atoms with Gasteiger partial charge in [-0.3, -0.25) is 4.79 Å². The van der Waals surface area contributed by atoms with Crippen LogP contribution in [0.1, 0.15) is 18.5 Å². The minimum Gasteiger partial charge on any atom is -0.318 e. The smallest absolute Gasteiger partial charge is 0.176 e. The van der Waals surface area contributed by atoms with E-state index in [1.165, 1.54) is 6.08 Å². The molecule has 1 rings (SSSR count). The lowest BCUT2D eigenvalue weighted by atomic mass is 10.0. The SMILES string of the molecule is C/C=C/C(=O)[C@H](N)c1ccccc1. The molecule has 0 saturated carbocycles. The van der Waals surface area contributed by atoms with Gasteiger partial charge in [-0.1, -0.05) is 36.4 Å². The van der Waals surface area contributed by atoms with E-state index in [0.29, 0.717) is 0 Å². The zero-order chi connectivity index (χ0) is 9.68. The molecule has 2 heteroatoms. The number of rotatable bonds is 3. The van der Waals surface area contributed by atoms with Crippen LogP contribution in [0.25, 0.3) is 0 Å². The Kier molecular flexibility index (Phi) is 3.41. The van der Waals surface area contributed by atoms with Crippen molar-refractivity contribution in [3.05, 3.63) is 48.0 Å². The summed E-state index contributed by atoms with van der Waals surface area (Å²) in [5, 5.41) is 0. The molecule has 0 radical (unpaired) electrons. The predicted octanol–water partition coefficient (Wildman–Crippen LogP) is 1.83. The first-order chi connectivity index (χ1) is 6.25. The number of hydrogen-bond acceptors (Lipinski definition) is 2. The second kappa shape index (κ2) is 4.58. The summed E-state index contributed by atoms with van der Waals surface area (Å²) in [7, 11) is 0. The molecule has 1 aromatic carbocycles. The maximum absolute atomic E-state index is 11.3. The zero-order valence-electron chi connectivity index (χ0n) is 7.60. The van der Waals surface area contributed by atoms with Crippen LogP contribution in [0.2, 0.25) is 0 Å². The van der Waals surface area contributed by atoms with Crippen LogP contribution in [-0.2, 0) is 4.79 Å². The standard InChI is InChI=1S/C11H13NO/c1-2-6-10(13)11(12)9-7-4-3-5-8-9/h2-8,11H,12H2,1H3/b6-2+/t11-/m1/s1. The highest BCUT2D eigenvalue weighted by atomic mass is 16.1. The van der Waals surface area contributed by atoms with Gasteiger partial charge in [0.25, 0.3) is 0 Å². The van der Waals surface area contributed by atoms with Crippen molar-refractivity contribution < 1.29 is 4.79 Å². The minimum atomic E-state index is -0.530. The van der Waals surface area contributed by atoms with Crippen molar-refractivity contribution in [1.82, 2.24) is 0 Å². The van der Waals surface area contributed by atoms with Crippen molar-refractivity contribution >= 4 is 5.78 Å². The number of allylic oxidation sites excluding steroid dienone is 1. The van der Waals surface area contributed by atoms with E-state index in [9.17, 15) is 4.79 Å². The van der Waals surface area contributed by atoms with Crippen LogP contribution in [0.15, 0.2) is 42.5 Å². The summed E-state index contributed by atoms with van der Waals surface area (Å²) >= 11 is 0. The second-order valence-corrected chi connectivity index (χ2v) is 2.79. The van der Waals surface area contributed by atoms with Crippen molar-refractivity contribution in [2.24, 2.45) is 5.73 Å². The summed E-state index contributed by atoms with van der Waals surface area (Å²) in [5.74, 6) is -0.0614. The summed E-state index contributed by atoms with van der Waals surface area (Å²) in [6.07, 6.45) is 3.20. The third-order valence-electron chi connectivity index (χ3n) is 1.80. The number of carbonyl (C=O) groups excluding carboxylic acids is 1. The number of ketones is 1. The Hall–Kier alpha value is -1.41. The van der Waals surface area contributed by atoms with Crippen LogP contribution >= 0.6 is 0 Å². The van der Waals surface area contributed by atoms with Gasteiger partial charge in [-0.15, -0.1) is 0 Å². The summed E-state index contributed by atoms with van der Waals surface area (Å²) in [6.45, 7) is 1.80. The van der Waals surface area contributed by atoms with E-state index in [4.69, 9.17) is 5.73 Å².